The van der Waals surface area contributed by atoms with Gasteiger partial charge in [-0.1, -0.05) is 295 Å². The molecule has 0 radical (unpaired) electrons. The van der Waals surface area contributed by atoms with Crippen LogP contribution in [0.2, 0.25) is 0 Å². The van der Waals surface area contributed by atoms with E-state index in [-0.39, 0.29) is 31.1 Å². The lowest BCUT2D eigenvalue weighted by molar-refractivity contribution is -0.167. The van der Waals surface area contributed by atoms with Gasteiger partial charge in [0.2, 0.25) is 0 Å². The molecule has 0 aliphatic rings. The molecule has 1 unspecified atom stereocenters. The number of carbonyl (C=O) groups is 3. The molecule has 0 bridgehead atoms. The first kappa shape index (κ1) is 66.9. The van der Waals surface area contributed by atoms with Crippen LogP contribution in [0.4, 0.5) is 0 Å². The quantitative estimate of drug-likeness (QED) is 0.0261. The summed E-state index contributed by atoms with van der Waals surface area (Å²) in [6, 6.07) is 0. The predicted molar refractivity (Wildman–Crippen MR) is 298 cm³/mol. The van der Waals surface area contributed by atoms with Gasteiger partial charge in [0.1, 0.15) is 13.2 Å². The van der Waals surface area contributed by atoms with Crippen LogP contribution in [-0.2, 0) is 28.6 Å². The molecule has 0 aromatic carbocycles. The fourth-order valence-corrected chi connectivity index (χ4v) is 9.30. The van der Waals surface area contributed by atoms with Crippen LogP contribution in [0.5, 0.6) is 0 Å². The minimum atomic E-state index is -0.764. The van der Waals surface area contributed by atoms with Crippen molar-refractivity contribution in [3.8, 4) is 0 Å². The van der Waals surface area contributed by atoms with E-state index >= 15 is 0 Å². The van der Waals surface area contributed by atoms with Crippen molar-refractivity contribution in [1.29, 1.82) is 0 Å². The monoisotopic (exact) mass is 971 g/mol. The maximum atomic E-state index is 12.8. The number of esters is 3. The fraction of sp³-hybridized carbons (Fsp3) is 0.889. The summed E-state index contributed by atoms with van der Waals surface area (Å²) in [7, 11) is 0. The average Bonchev–Trinajstić information content (AvgIpc) is 3.35. The van der Waals surface area contributed by atoms with Crippen LogP contribution in [0.3, 0.4) is 0 Å². The molecule has 0 aliphatic carbocycles. The number of rotatable bonds is 57. The molecule has 6 nitrogen and oxygen atoms in total. The minimum absolute atomic E-state index is 0.0670. The first-order chi connectivity index (χ1) is 34.0. The molecule has 0 aromatic rings. The maximum Gasteiger partial charge on any atom is 0.306 e. The molecule has 0 rings (SSSR count). The third-order valence-electron chi connectivity index (χ3n) is 14.0. The Bertz CT molecular complexity index is 1110. The standard InChI is InChI=1S/C63H118O6/c1-4-7-10-13-15-17-19-21-23-25-27-29-30-31-32-34-35-37-39-41-43-45-47-50-53-56-62(65)68-59-60(58-67-61(64)55-52-49-12-9-6-3)69-63(66)57-54-51-48-46-44-42-40-38-36-33-28-26-24-22-20-18-16-14-11-8-5-2/h19,21,25,27,60H,4-18,20,22-24,26,28-59H2,1-3H3/b21-19-,27-25-. The van der Waals surface area contributed by atoms with E-state index in [0.717, 1.165) is 70.6 Å². The van der Waals surface area contributed by atoms with E-state index in [1.54, 1.807) is 0 Å². The zero-order valence-corrected chi connectivity index (χ0v) is 46.6. The zero-order chi connectivity index (χ0) is 50.0. The Labute approximate surface area is 430 Å². The molecule has 0 amide bonds. The van der Waals surface area contributed by atoms with Crippen molar-refractivity contribution < 1.29 is 28.6 Å². The van der Waals surface area contributed by atoms with Crippen molar-refractivity contribution >= 4 is 17.9 Å². The Morgan fingerprint density at radius 2 is 0.522 bits per heavy atom. The summed E-state index contributed by atoms with van der Waals surface area (Å²) in [6.07, 6.45) is 69.5. The molecule has 406 valence electrons. The van der Waals surface area contributed by atoms with Crippen LogP contribution in [0.25, 0.3) is 0 Å². The Kier molecular flexibility index (Phi) is 56.7. The third kappa shape index (κ3) is 56.7. The first-order valence-electron chi connectivity index (χ1n) is 30.8. The van der Waals surface area contributed by atoms with E-state index in [0.29, 0.717) is 19.3 Å². The summed E-state index contributed by atoms with van der Waals surface area (Å²) < 4.78 is 16.8. The molecular weight excluding hydrogens is 853 g/mol. The molecular formula is C63H118O6. The normalized spacial score (nSPS) is 12.1. The van der Waals surface area contributed by atoms with E-state index in [2.05, 4.69) is 45.1 Å². The predicted octanol–water partition coefficient (Wildman–Crippen LogP) is 20.7. The van der Waals surface area contributed by atoms with Gasteiger partial charge in [-0.05, 0) is 51.4 Å². The summed E-state index contributed by atoms with van der Waals surface area (Å²) in [5.74, 6) is -0.860. The molecule has 0 aliphatic heterocycles. The van der Waals surface area contributed by atoms with Crippen LogP contribution in [0.15, 0.2) is 24.3 Å². The van der Waals surface area contributed by atoms with Crippen molar-refractivity contribution in [1.82, 2.24) is 0 Å². The molecule has 6 heteroatoms. The Morgan fingerprint density at radius 3 is 0.797 bits per heavy atom. The van der Waals surface area contributed by atoms with Gasteiger partial charge >= 0.3 is 17.9 Å². The van der Waals surface area contributed by atoms with Gasteiger partial charge in [0.25, 0.3) is 0 Å². The van der Waals surface area contributed by atoms with E-state index in [1.807, 2.05) is 0 Å². The number of ether oxygens (including phenoxy) is 3. The summed E-state index contributed by atoms with van der Waals surface area (Å²) >= 11 is 0. The van der Waals surface area contributed by atoms with Gasteiger partial charge < -0.3 is 14.2 Å². The number of allylic oxidation sites excluding steroid dienone is 4. The summed E-state index contributed by atoms with van der Waals surface area (Å²) in [4.78, 5) is 37.9. The highest BCUT2D eigenvalue weighted by atomic mass is 16.6. The molecule has 69 heavy (non-hydrogen) atoms. The molecule has 0 aromatic heterocycles. The topological polar surface area (TPSA) is 78.9 Å². The molecule has 0 N–H and O–H groups in total. The van der Waals surface area contributed by atoms with Crippen molar-refractivity contribution in [2.75, 3.05) is 13.2 Å². The van der Waals surface area contributed by atoms with Crippen LogP contribution >= 0.6 is 0 Å². The highest BCUT2D eigenvalue weighted by Crippen LogP contribution is 2.18. The highest BCUT2D eigenvalue weighted by Gasteiger charge is 2.19. The van der Waals surface area contributed by atoms with Gasteiger partial charge in [-0.2, -0.15) is 0 Å². The van der Waals surface area contributed by atoms with E-state index in [4.69, 9.17) is 14.2 Å². The number of unbranched alkanes of at least 4 members (excludes halogenated alkanes) is 42. The number of hydrogen-bond donors (Lipinski definition) is 0. The van der Waals surface area contributed by atoms with Crippen molar-refractivity contribution in [2.24, 2.45) is 0 Å². The molecule has 0 spiro atoms. The lowest BCUT2D eigenvalue weighted by atomic mass is 10.0. The van der Waals surface area contributed by atoms with Crippen LogP contribution < -0.4 is 0 Å². The second kappa shape index (κ2) is 58.5. The third-order valence-corrected chi connectivity index (χ3v) is 14.0. The largest absolute Gasteiger partial charge is 0.462 e. The molecule has 0 saturated heterocycles. The smallest absolute Gasteiger partial charge is 0.306 e. The number of hydrogen-bond acceptors (Lipinski definition) is 6. The second-order valence-electron chi connectivity index (χ2n) is 21.0. The van der Waals surface area contributed by atoms with Crippen molar-refractivity contribution in [3.63, 3.8) is 0 Å². The zero-order valence-electron chi connectivity index (χ0n) is 46.6. The van der Waals surface area contributed by atoms with Gasteiger partial charge in [-0.3, -0.25) is 14.4 Å². The number of carbonyl (C=O) groups excluding carboxylic acids is 3. The van der Waals surface area contributed by atoms with Gasteiger partial charge in [-0.15, -0.1) is 0 Å². The Morgan fingerprint density at radius 1 is 0.290 bits per heavy atom. The summed E-state index contributed by atoms with van der Waals surface area (Å²) in [5, 5.41) is 0. The SMILES string of the molecule is CCCCCCC/C=C\C/C=C\CCCCCCCCCCCCCCCC(=O)OCC(COC(=O)CCCCCCC)OC(=O)CCCCCCCCCCCCCCCCCCCCCCC. The summed E-state index contributed by atoms with van der Waals surface area (Å²) in [6.45, 7) is 6.60. The van der Waals surface area contributed by atoms with Crippen LogP contribution in [0, 0.1) is 0 Å². The van der Waals surface area contributed by atoms with Gasteiger partial charge in [0.15, 0.2) is 6.10 Å². The fourth-order valence-electron chi connectivity index (χ4n) is 9.30. The Balaban J connectivity index is 4.00. The highest BCUT2D eigenvalue weighted by molar-refractivity contribution is 5.71. The Hall–Kier alpha value is -2.11. The average molecular weight is 972 g/mol. The first-order valence-corrected chi connectivity index (χ1v) is 30.8. The minimum Gasteiger partial charge on any atom is -0.462 e. The van der Waals surface area contributed by atoms with E-state index in [9.17, 15) is 14.4 Å². The van der Waals surface area contributed by atoms with Crippen molar-refractivity contribution in [2.45, 2.75) is 348 Å². The van der Waals surface area contributed by atoms with Gasteiger partial charge in [0, 0.05) is 19.3 Å². The van der Waals surface area contributed by atoms with Crippen LogP contribution in [0.1, 0.15) is 342 Å². The molecule has 1 atom stereocenters. The maximum absolute atomic E-state index is 12.8. The molecule has 0 heterocycles. The second-order valence-corrected chi connectivity index (χ2v) is 21.0. The van der Waals surface area contributed by atoms with Crippen LogP contribution in [-0.4, -0.2) is 37.2 Å². The lowest BCUT2D eigenvalue weighted by Crippen LogP contribution is -2.30. The van der Waals surface area contributed by atoms with E-state index < -0.39 is 6.10 Å². The van der Waals surface area contributed by atoms with Crippen molar-refractivity contribution in [3.05, 3.63) is 24.3 Å². The molecule has 0 saturated carbocycles. The van der Waals surface area contributed by atoms with Gasteiger partial charge in [0.05, 0.1) is 0 Å². The van der Waals surface area contributed by atoms with Gasteiger partial charge in [-0.25, -0.2) is 0 Å². The molecule has 0 fully saturated rings. The summed E-state index contributed by atoms with van der Waals surface area (Å²) in [5.41, 5.74) is 0. The lowest BCUT2D eigenvalue weighted by Gasteiger charge is -2.18. The van der Waals surface area contributed by atoms with E-state index in [1.165, 1.54) is 231 Å².